The molecule has 2 atom stereocenters. The normalized spacial score (nSPS) is 18.6. The molecule has 1 saturated carbocycles. The third kappa shape index (κ3) is 4.23. The molecule has 1 nitrogen and oxygen atoms in total. The van der Waals surface area contributed by atoms with Crippen molar-refractivity contribution in [2.45, 2.75) is 45.6 Å². The highest BCUT2D eigenvalue weighted by Gasteiger charge is 2.32. The third-order valence-corrected chi connectivity index (χ3v) is 4.74. The molecule has 0 heterocycles. The lowest BCUT2D eigenvalue weighted by molar-refractivity contribution is 0.339. The van der Waals surface area contributed by atoms with E-state index < -0.39 is 0 Å². The lowest BCUT2D eigenvalue weighted by Crippen LogP contribution is -2.38. The number of nitrogens with one attached hydrogen (secondary N) is 1. The van der Waals surface area contributed by atoms with Crippen LogP contribution in [-0.4, -0.2) is 12.6 Å². The number of rotatable bonds is 7. The van der Waals surface area contributed by atoms with Crippen LogP contribution in [0.3, 0.4) is 0 Å². The maximum Gasteiger partial charge on any atom is 0.0136 e. The smallest absolute Gasteiger partial charge is 0.0136 e. The number of benzene rings is 1. The van der Waals surface area contributed by atoms with Crippen LogP contribution in [0.2, 0.25) is 0 Å². The molecule has 2 unspecified atom stereocenters. The van der Waals surface area contributed by atoms with Gasteiger partial charge in [0.2, 0.25) is 0 Å². The van der Waals surface area contributed by atoms with Gasteiger partial charge in [0, 0.05) is 9.61 Å². The molecule has 1 N–H and O–H groups in total. The second-order valence-electron chi connectivity index (χ2n) is 5.59. The number of hydrogen-bond donors (Lipinski definition) is 1. The third-order valence-electron chi connectivity index (χ3n) is 4.03. The first-order chi connectivity index (χ1) is 8.70. The van der Waals surface area contributed by atoms with E-state index in [0.29, 0.717) is 6.04 Å². The van der Waals surface area contributed by atoms with Gasteiger partial charge in [0.1, 0.15) is 0 Å². The minimum atomic E-state index is 0.650. The maximum absolute atomic E-state index is 3.75. The SMILES string of the molecule is CCCNC(Cc1ccc(I)cc1)C(C)C1CC1. The van der Waals surface area contributed by atoms with Crippen LogP contribution >= 0.6 is 22.6 Å². The van der Waals surface area contributed by atoms with Crippen LogP contribution in [0.4, 0.5) is 0 Å². The van der Waals surface area contributed by atoms with Crippen molar-refractivity contribution in [2.75, 3.05) is 6.54 Å². The summed E-state index contributed by atoms with van der Waals surface area (Å²) in [4.78, 5) is 0. The van der Waals surface area contributed by atoms with Gasteiger partial charge in [-0.15, -0.1) is 0 Å². The molecule has 2 rings (SSSR count). The van der Waals surface area contributed by atoms with Gasteiger partial charge in [-0.1, -0.05) is 26.0 Å². The molecule has 0 amide bonds. The molecule has 0 spiro atoms. The topological polar surface area (TPSA) is 12.0 Å². The fourth-order valence-electron chi connectivity index (χ4n) is 2.60. The van der Waals surface area contributed by atoms with Crippen molar-refractivity contribution in [3.63, 3.8) is 0 Å². The van der Waals surface area contributed by atoms with Crippen LogP contribution < -0.4 is 5.32 Å². The largest absolute Gasteiger partial charge is 0.313 e. The summed E-state index contributed by atoms with van der Waals surface area (Å²) < 4.78 is 1.32. The van der Waals surface area contributed by atoms with Crippen molar-refractivity contribution in [3.8, 4) is 0 Å². The second kappa shape index (κ2) is 6.90. The van der Waals surface area contributed by atoms with Crippen LogP contribution in [0.25, 0.3) is 0 Å². The highest BCUT2D eigenvalue weighted by atomic mass is 127. The van der Waals surface area contributed by atoms with E-state index in [1.54, 1.807) is 0 Å². The van der Waals surface area contributed by atoms with Gasteiger partial charge >= 0.3 is 0 Å². The zero-order chi connectivity index (χ0) is 13.0. The van der Waals surface area contributed by atoms with E-state index >= 15 is 0 Å². The minimum absolute atomic E-state index is 0.650. The Hall–Kier alpha value is -0.0900. The van der Waals surface area contributed by atoms with Gasteiger partial charge in [-0.05, 0) is 84.4 Å². The summed E-state index contributed by atoms with van der Waals surface area (Å²) in [6, 6.07) is 9.64. The van der Waals surface area contributed by atoms with Crippen molar-refractivity contribution in [1.82, 2.24) is 5.32 Å². The molecule has 1 aliphatic carbocycles. The molecule has 0 aromatic heterocycles. The second-order valence-corrected chi connectivity index (χ2v) is 6.83. The molecule has 100 valence electrons. The molecule has 2 heteroatoms. The van der Waals surface area contributed by atoms with Crippen LogP contribution in [0.15, 0.2) is 24.3 Å². The van der Waals surface area contributed by atoms with E-state index in [4.69, 9.17) is 0 Å². The summed E-state index contributed by atoms with van der Waals surface area (Å²) in [5.41, 5.74) is 1.47. The zero-order valence-electron chi connectivity index (χ0n) is 11.5. The molecule has 0 aliphatic heterocycles. The first-order valence-electron chi connectivity index (χ1n) is 7.18. The van der Waals surface area contributed by atoms with Crippen molar-refractivity contribution >= 4 is 22.6 Å². The average Bonchev–Trinajstić information content (AvgIpc) is 3.20. The predicted octanol–water partition coefficient (Wildman–Crippen LogP) is 4.25. The molecular formula is C16H24IN. The minimum Gasteiger partial charge on any atom is -0.313 e. The van der Waals surface area contributed by atoms with E-state index in [-0.39, 0.29) is 0 Å². The highest BCUT2D eigenvalue weighted by molar-refractivity contribution is 14.1. The quantitative estimate of drug-likeness (QED) is 0.720. The predicted molar refractivity (Wildman–Crippen MR) is 86.8 cm³/mol. The molecule has 1 aromatic rings. The van der Waals surface area contributed by atoms with Crippen LogP contribution in [0.1, 0.15) is 38.7 Å². The first kappa shape index (κ1) is 14.3. The molecule has 0 radical (unpaired) electrons. The summed E-state index contributed by atoms with van der Waals surface area (Å²) in [5, 5.41) is 3.75. The molecule has 1 fully saturated rings. The molecule has 1 aromatic carbocycles. The highest BCUT2D eigenvalue weighted by Crippen LogP contribution is 2.38. The number of hydrogen-bond acceptors (Lipinski definition) is 1. The average molecular weight is 357 g/mol. The van der Waals surface area contributed by atoms with Gasteiger partial charge in [-0.25, -0.2) is 0 Å². The summed E-state index contributed by atoms with van der Waals surface area (Å²) in [6.45, 7) is 5.82. The Morgan fingerprint density at radius 3 is 2.50 bits per heavy atom. The Labute approximate surface area is 125 Å². The van der Waals surface area contributed by atoms with Gasteiger partial charge in [0.15, 0.2) is 0 Å². The Balaban J connectivity index is 1.96. The zero-order valence-corrected chi connectivity index (χ0v) is 13.6. The fourth-order valence-corrected chi connectivity index (χ4v) is 2.96. The Kier molecular flexibility index (Phi) is 5.49. The van der Waals surface area contributed by atoms with Gasteiger partial charge in [-0.3, -0.25) is 0 Å². The molecule has 18 heavy (non-hydrogen) atoms. The number of halogens is 1. The van der Waals surface area contributed by atoms with Gasteiger partial charge < -0.3 is 5.32 Å². The van der Waals surface area contributed by atoms with E-state index in [2.05, 4.69) is 66.0 Å². The summed E-state index contributed by atoms with van der Waals surface area (Å²) in [7, 11) is 0. The molecule has 1 aliphatic rings. The van der Waals surface area contributed by atoms with Crippen LogP contribution in [-0.2, 0) is 6.42 Å². The van der Waals surface area contributed by atoms with Crippen LogP contribution in [0.5, 0.6) is 0 Å². The lowest BCUT2D eigenvalue weighted by atomic mass is 9.91. The van der Waals surface area contributed by atoms with Gasteiger partial charge in [-0.2, -0.15) is 0 Å². The standard InChI is InChI=1S/C16H24IN/c1-3-10-18-16(12(2)14-6-7-14)11-13-4-8-15(17)9-5-13/h4-5,8-9,12,14,16,18H,3,6-7,10-11H2,1-2H3. The molecule has 0 bridgehead atoms. The van der Waals surface area contributed by atoms with Crippen LogP contribution in [0, 0.1) is 15.4 Å². The monoisotopic (exact) mass is 357 g/mol. The maximum atomic E-state index is 3.75. The van der Waals surface area contributed by atoms with Crippen molar-refractivity contribution in [3.05, 3.63) is 33.4 Å². The van der Waals surface area contributed by atoms with E-state index in [0.717, 1.165) is 18.4 Å². The van der Waals surface area contributed by atoms with E-state index in [1.807, 2.05) is 0 Å². The summed E-state index contributed by atoms with van der Waals surface area (Å²) in [5.74, 6) is 1.79. The summed E-state index contributed by atoms with van der Waals surface area (Å²) in [6.07, 6.45) is 5.28. The van der Waals surface area contributed by atoms with Crippen molar-refractivity contribution in [1.29, 1.82) is 0 Å². The molecule has 0 saturated heterocycles. The van der Waals surface area contributed by atoms with Gasteiger partial charge in [0.05, 0.1) is 0 Å². The van der Waals surface area contributed by atoms with Crippen molar-refractivity contribution in [2.24, 2.45) is 11.8 Å². The Morgan fingerprint density at radius 2 is 1.94 bits per heavy atom. The Morgan fingerprint density at radius 1 is 1.28 bits per heavy atom. The molecular weight excluding hydrogens is 333 g/mol. The first-order valence-corrected chi connectivity index (χ1v) is 8.26. The Bertz CT molecular complexity index is 356. The van der Waals surface area contributed by atoms with E-state index in [1.165, 1.54) is 34.8 Å². The summed E-state index contributed by atoms with van der Waals surface area (Å²) >= 11 is 2.37. The van der Waals surface area contributed by atoms with Crippen molar-refractivity contribution < 1.29 is 0 Å². The van der Waals surface area contributed by atoms with Gasteiger partial charge in [0.25, 0.3) is 0 Å². The van der Waals surface area contributed by atoms with E-state index in [9.17, 15) is 0 Å². The fraction of sp³-hybridized carbons (Fsp3) is 0.625. The lowest BCUT2D eigenvalue weighted by Gasteiger charge is -2.25.